The van der Waals surface area contributed by atoms with E-state index < -0.39 is 0 Å². The van der Waals surface area contributed by atoms with Gasteiger partial charge in [-0.05, 0) is 5.56 Å². The summed E-state index contributed by atoms with van der Waals surface area (Å²) in [7, 11) is 1.91. The van der Waals surface area contributed by atoms with E-state index in [9.17, 15) is 0 Å². The van der Waals surface area contributed by atoms with Gasteiger partial charge in [0.05, 0.1) is 18.2 Å². The van der Waals surface area contributed by atoms with E-state index in [0.717, 1.165) is 17.8 Å². The lowest BCUT2D eigenvalue weighted by atomic mass is 10.2. The van der Waals surface area contributed by atoms with Crippen molar-refractivity contribution in [2.45, 2.75) is 6.54 Å². The fraction of sp³-hybridized carbons (Fsp3) is 0.143. The van der Waals surface area contributed by atoms with Crippen molar-refractivity contribution >= 4 is 0 Å². The number of benzene rings is 1. The van der Waals surface area contributed by atoms with Gasteiger partial charge in [-0.3, -0.25) is 4.68 Å². The average Bonchev–Trinajstić information content (AvgIpc) is 2.99. The van der Waals surface area contributed by atoms with Crippen molar-refractivity contribution in [1.82, 2.24) is 19.3 Å². The highest BCUT2D eigenvalue weighted by Crippen LogP contribution is 2.15. The quantitative estimate of drug-likeness (QED) is 0.702. The second-order valence-electron chi connectivity index (χ2n) is 4.32. The Hall–Kier alpha value is -2.36. The molecule has 0 spiro atoms. The molecular weight excluding hydrogens is 224 g/mol. The zero-order chi connectivity index (χ0) is 12.4. The first-order chi connectivity index (χ1) is 8.81. The predicted octanol–water partition coefficient (Wildman–Crippen LogP) is 2.33. The molecule has 3 aromatic rings. The summed E-state index contributed by atoms with van der Waals surface area (Å²) < 4.78 is 3.86. The third-order valence-electron chi connectivity index (χ3n) is 2.84. The Morgan fingerprint density at radius 1 is 1.11 bits per heavy atom. The van der Waals surface area contributed by atoms with Crippen LogP contribution in [0, 0.1) is 0 Å². The van der Waals surface area contributed by atoms with E-state index in [1.807, 2.05) is 50.2 Å². The Morgan fingerprint density at radius 2 is 1.94 bits per heavy atom. The first-order valence-electron chi connectivity index (χ1n) is 5.86. The average molecular weight is 238 g/mol. The molecule has 0 N–H and O–H groups in total. The van der Waals surface area contributed by atoms with Gasteiger partial charge >= 0.3 is 0 Å². The molecule has 2 heterocycles. The molecule has 0 radical (unpaired) electrons. The maximum Gasteiger partial charge on any atom is 0.0956 e. The van der Waals surface area contributed by atoms with Crippen molar-refractivity contribution in [3.8, 4) is 11.3 Å². The van der Waals surface area contributed by atoms with Gasteiger partial charge in [0.15, 0.2) is 0 Å². The highest BCUT2D eigenvalue weighted by Gasteiger charge is 2.04. The molecule has 0 saturated carbocycles. The van der Waals surface area contributed by atoms with Crippen LogP contribution in [0.3, 0.4) is 0 Å². The monoisotopic (exact) mass is 238 g/mol. The third kappa shape index (κ3) is 2.18. The Bertz CT molecular complexity index is 637. The molecule has 0 bridgehead atoms. The third-order valence-corrected chi connectivity index (χ3v) is 2.84. The van der Waals surface area contributed by atoms with Crippen molar-refractivity contribution in [1.29, 1.82) is 0 Å². The van der Waals surface area contributed by atoms with Crippen LogP contribution in [-0.4, -0.2) is 19.3 Å². The molecule has 0 aliphatic carbocycles. The van der Waals surface area contributed by atoms with Gasteiger partial charge in [0.1, 0.15) is 0 Å². The lowest BCUT2D eigenvalue weighted by Crippen LogP contribution is -1.95. The highest BCUT2D eigenvalue weighted by molar-refractivity contribution is 5.55. The van der Waals surface area contributed by atoms with Crippen LogP contribution in [0.1, 0.15) is 5.56 Å². The van der Waals surface area contributed by atoms with E-state index in [4.69, 9.17) is 0 Å². The van der Waals surface area contributed by atoms with Gasteiger partial charge in [0.2, 0.25) is 0 Å². The van der Waals surface area contributed by atoms with Crippen LogP contribution in [0.4, 0.5) is 0 Å². The summed E-state index contributed by atoms with van der Waals surface area (Å²) in [6.07, 6.45) is 7.70. The summed E-state index contributed by atoms with van der Waals surface area (Å²) in [5.74, 6) is 0. The molecule has 0 aliphatic heterocycles. The van der Waals surface area contributed by atoms with E-state index in [1.165, 1.54) is 5.56 Å². The Kier molecular flexibility index (Phi) is 2.68. The van der Waals surface area contributed by atoms with Crippen LogP contribution in [0.25, 0.3) is 11.3 Å². The zero-order valence-corrected chi connectivity index (χ0v) is 10.2. The van der Waals surface area contributed by atoms with Crippen LogP contribution in [-0.2, 0) is 13.6 Å². The molecule has 4 nitrogen and oxygen atoms in total. The summed E-state index contributed by atoms with van der Waals surface area (Å²) in [6, 6.07) is 10.4. The maximum absolute atomic E-state index is 4.41. The van der Waals surface area contributed by atoms with Gasteiger partial charge in [-0.15, -0.1) is 0 Å². The minimum absolute atomic E-state index is 0.841. The maximum atomic E-state index is 4.41. The second-order valence-corrected chi connectivity index (χ2v) is 4.32. The molecule has 0 fully saturated rings. The molecule has 90 valence electrons. The van der Waals surface area contributed by atoms with Crippen LogP contribution in [0.5, 0.6) is 0 Å². The second kappa shape index (κ2) is 4.49. The Morgan fingerprint density at radius 3 is 2.67 bits per heavy atom. The van der Waals surface area contributed by atoms with Gasteiger partial charge in [-0.2, -0.15) is 5.10 Å². The highest BCUT2D eigenvalue weighted by atomic mass is 15.2. The molecule has 1 aromatic carbocycles. The van der Waals surface area contributed by atoms with Crippen molar-refractivity contribution in [2.24, 2.45) is 7.05 Å². The van der Waals surface area contributed by atoms with Gasteiger partial charge in [-0.25, -0.2) is 4.98 Å². The van der Waals surface area contributed by atoms with E-state index in [1.54, 1.807) is 4.68 Å². The predicted molar refractivity (Wildman–Crippen MR) is 70.0 cm³/mol. The number of hydrogen-bond donors (Lipinski definition) is 0. The number of imidazole rings is 1. The lowest BCUT2D eigenvalue weighted by molar-refractivity contribution is 0.768. The van der Waals surface area contributed by atoms with Gasteiger partial charge < -0.3 is 4.57 Å². The molecule has 3 rings (SSSR count). The van der Waals surface area contributed by atoms with Crippen LogP contribution >= 0.6 is 0 Å². The minimum Gasteiger partial charge on any atom is -0.332 e. The number of aromatic nitrogens is 4. The van der Waals surface area contributed by atoms with E-state index in [2.05, 4.69) is 26.8 Å². The Balaban J connectivity index is 1.82. The van der Waals surface area contributed by atoms with Crippen molar-refractivity contribution in [3.05, 3.63) is 60.8 Å². The van der Waals surface area contributed by atoms with Gasteiger partial charge in [0, 0.05) is 31.5 Å². The SMILES string of the molecule is Cn1cc(-c2cn(Cc3ccccc3)cn2)cn1. The molecular formula is C14H14N4. The summed E-state index contributed by atoms with van der Waals surface area (Å²) in [4.78, 5) is 4.41. The van der Waals surface area contributed by atoms with Gasteiger partial charge in [0.25, 0.3) is 0 Å². The first kappa shape index (κ1) is 10.8. The standard InChI is InChI=1S/C14H14N4/c1-17-9-13(7-16-17)14-10-18(11-15-14)8-12-5-3-2-4-6-12/h2-7,9-11H,8H2,1H3. The number of rotatable bonds is 3. The molecule has 0 saturated heterocycles. The summed E-state index contributed by atoms with van der Waals surface area (Å²) >= 11 is 0. The number of aryl methyl sites for hydroxylation is 1. The Labute approximate surface area is 106 Å². The number of hydrogen-bond acceptors (Lipinski definition) is 2. The molecule has 0 amide bonds. The van der Waals surface area contributed by atoms with Crippen LogP contribution in [0.2, 0.25) is 0 Å². The molecule has 4 heteroatoms. The topological polar surface area (TPSA) is 35.6 Å². The smallest absolute Gasteiger partial charge is 0.0956 e. The zero-order valence-electron chi connectivity index (χ0n) is 10.2. The van der Waals surface area contributed by atoms with Crippen molar-refractivity contribution in [3.63, 3.8) is 0 Å². The molecule has 0 atom stereocenters. The summed E-state index contributed by atoms with van der Waals surface area (Å²) in [6.45, 7) is 0.841. The van der Waals surface area contributed by atoms with E-state index >= 15 is 0 Å². The normalized spacial score (nSPS) is 10.7. The summed E-state index contributed by atoms with van der Waals surface area (Å²) in [5.41, 5.74) is 3.27. The molecule has 2 aromatic heterocycles. The van der Waals surface area contributed by atoms with Crippen LogP contribution in [0.15, 0.2) is 55.2 Å². The van der Waals surface area contributed by atoms with Crippen molar-refractivity contribution in [2.75, 3.05) is 0 Å². The van der Waals surface area contributed by atoms with Crippen molar-refractivity contribution < 1.29 is 0 Å². The van der Waals surface area contributed by atoms with E-state index in [-0.39, 0.29) is 0 Å². The minimum atomic E-state index is 0.841. The lowest BCUT2D eigenvalue weighted by Gasteiger charge is -2.00. The largest absolute Gasteiger partial charge is 0.332 e. The molecule has 0 aliphatic rings. The summed E-state index contributed by atoms with van der Waals surface area (Å²) in [5, 5.41) is 4.15. The molecule has 18 heavy (non-hydrogen) atoms. The van der Waals surface area contributed by atoms with Crippen LogP contribution < -0.4 is 0 Å². The fourth-order valence-corrected chi connectivity index (χ4v) is 1.94. The molecule has 0 unspecified atom stereocenters. The fourth-order valence-electron chi connectivity index (χ4n) is 1.94. The number of nitrogens with zero attached hydrogens (tertiary/aromatic N) is 4. The van der Waals surface area contributed by atoms with E-state index in [0.29, 0.717) is 0 Å². The van der Waals surface area contributed by atoms with Gasteiger partial charge in [-0.1, -0.05) is 30.3 Å². The first-order valence-corrected chi connectivity index (χ1v) is 5.86.